The number of amides is 1. The van der Waals surface area contributed by atoms with Crippen LogP contribution in [0, 0.1) is 5.82 Å². The second-order valence-corrected chi connectivity index (χ2v) is 7.40. The minimum absolute atomic E-state index is 0. The molecule has 1 amide bonds. The first-order chi connectivity index (χ1) is 14.5. The molecule has 3 rings (SSSR count). The topological polar surface area (TPSA) is 66.0 Å². The molecule has 2 aromatic carbocycles. The highest BCUT2D eigenvalue weighted by molar-refractivity contribution is 14.0. The first-order valence-corrected chi connectivity index (χ1v) is 10.3. The molecule has 0 radical (unpaired) electrons. The lowest BCUT2D eigenvalue weighted by Crippen LogP contribution is -2.41. The average Bonchev–Trinajstić information content (AvgIpc) is 3.14. The van der Waals surface area contributed by atoms with Gasteiger partial charge in [0.1, 0.15) is 6.10 Å². The van der Waals surface area contributed by atoms with Gasteiger partial charge < -0.3 is 20.3 Å². The number of para-hydroxylation sites is 1. The van der Waals surface area contributed by atoms with E-state index >= 15 is 0 Å². The summed E-state index contributed by atoms with van der Waals surface area (Å²) in [7, 11) is 1.70. The van der Waals surface area contributed by atoms with Crippen molar-refractivity contribution < 1.29 is 13.9 Å². The standard InChI is InChI=1S/C23H29FN4O2.HI/c1-17(30-21-10-4-3-9-20(21)24)14-26-23(25-2)27-15-18-7-5-8-19(13-18)16-28-12-6-11-22(28)29;/h3-5,7-10,13,17H,6,11-12,14-16H2,1-2H3,(H2,25,26,27);1H. The molecule has 2 aromatic rings. The van der Waals surface area contributed by atoms with Crippen molar-refractivity contribution in [3.05, 3.63) is 65.5 Å². The summed E-state index contributed by atoms with van der Waals surface area (Å²) in [4.78, 5) is 18.0. The Bertz CT molecular complexity index is 893. The summed E-state index contributed by atoms with van der Waals surface area (Å²) < 4.78 is 19.3. The summed E-state index contributed by atoms with van der Waals surface area (Å²) >= 11 is 0. The predicted octanol–water partition coefficient (Wildman–Crippen LogP) is 3.70. The molecule has 31 heavy (non-hydrogen) atoms. The molecular weight excluding hydrogens is 510 g/mol. The largest absolute Gasteiger partial charge is 0.486 e. The third-order valence-corrected chi connectivity index (χ3v) is 4.94. The van der Waals surface area contributed by atoms with E-state index < -0.39 is 0 Å². The van der Waals surface area contributed by atoms with Crippen LogP contribution < -0.4 is 15.4 Å². The molecule has 1 aliphatic heterocycles. The summed E-state index contributed by atoms with van der Waals surface area (Å²) in [6, 6.07) is 14.6. The fraction of sp³-hybridized carbons (Fsp3) is 0.391. The molecule has 0 aromatic heterocycles. The zero-order valence-corrected chi connectivity index (χ0v) is 20.3. The van der Waals surface area contributed by atoms with Gasteiger partial charge in [0, 0.05) is 33.1 Å². The van der Waals surface area contributed by atoms with Crippen molar-refractivity contribution in [1.29, 1.82) is 0 Å². The summed E-state index contributed by atoms with van der Waals surface area (Å²) in [5.74, 6) is 0.736. The number of rotatable bonds is 8. The first kappa shape index (κ1) is 24.9. The maximum absolute atomic E-state index is 13.7. The number of nitrogens with one attached hydrogen (secondary N) is 2. The van der Waals surface area contributed by atoms with Gasteiger partial charge in [0.2, 0.25) is 5.91 Å². The highest BCUT2D eigenvalue weighted by Crippen LogP contribution is 2.17. The molecule has 1 heterocycles. The minimum atomic E-state index is -0.373. The molecule has 1 unspecified atom stereocenters. The molecule has 1 aliphatic rings. The van der Waals surface area contributed by atoms with Crippen LogP contribution in [0.1, 0.15) is 30.9 Å². The van der Waals surface area contributed by atoms with Crippen molar-refractivity contribution in [2.75, 3.05) is 20.1 Å². The Morgan fingerprint density at radius 2 is 1.97 bits per heavy atom. The van der Waals surface area contributed by atoms with Crippen LogP contribution in [-0.2, 0) is 17.9 Å². The Morgan fingerprint density at radius 3 is 2.68 bits per heavy atom. The van der Waals surface area contributed by atoms with Gasteiger partial charge in [0.15, 0.2) is 17.5 Å². The zero-order valence-electron chi connectivity index (χ0n) is 17.9. The Balaban J connectivity index is 0.00000341. The van der Waals surface area contributed by atoms with Gasteiger partial charge in [-0.3, -0.25) is 9.79 Å². The third kappa shape index (κ3) is 7.68. The van der Waals surface area contributed by atoms with Crippen LogP contribution in [0.5, 0.6) is 5.75 Å². The van der Waals surface area contributed by atoms with Crippen LogP contribution in [0.2, 0.25) is 0 Å². The summed E-state index contributed by atoms with van der Waals surface area (Å²) in [6.07, 6.45) is 1.37. The second-order valence-electron chi connectivity index (χ2n) is 7.40. The summed E-state index contributed by atoms with van der Waals surface area (Å²) in [5, 5.41) is 6.47. The smallest absolute Gasteiger partial charge is 0.222 e. The number of hydrogen-bond donors (Lipinski definition) is 2. The minimum Gasteiger partial charge on any atom is -0.486 e. The van der Waals surface area contributed by atoms with Gasteiger partial charge in [0.05, 0.1) is 6.54 Å². The van der Waals surface area contributed by atoms with Crippen LogP contribution in [0.15, 0.2) is 53.5 Å². The Kier molecular flexibility index (Phi) is 10.0. The number of ether oxygens (including phenoxy) is 1. The number of carbonyl (C=O) groups excluding carboxylic acids is 1. The Morgan fingerprint density at radius 1 is 1.19 bits per heavy atom. The van der Waals surface area contributed by atoms with Gasteiger partial charge in [0.25, 0.3) is 0 Å². The number of likely N-dealkylation sites (tertiary alicyclic amines) is 1. The molecule has 0 bridgehead atoms. The van der Waals surface area contributed by atoms with E-state index in [1.54, 1.807) is 25.2 Å². The quantitative estimate of drug-likeness (QED) is 0.305. The molecule has 1 atom stereocenters. The molecule has 168 valence electrons. The second kappa shape index (κ2) is 12.5. The number of nitrogens with zero attached hydrogens (tertiary/aromatic N) is 2. The van der Waals surface area contributed by atoms with Gasteiger partial charge in [-0.25, -0.2) is 4.39 Å². The van der Waals surface area contributed by atoms with Gasteiger partial charge in [-0.1, -0.05) is 36.4 Å². The lowest BCUT2D eigenvalue weighted by Gasteiger charge is -2.18. The Labute approximate surface area is 200 Å². The van der Waals surface area contributed by atoms with Crippen molar-refractivity contribution in [3.63, 3.8) is 0 Å². The highest BCUT2D eigenvalue weighted by atomic mass is 127. The van der Waals surface area contributed by atoms with E-state index in [4.69, 9.17) is 4.74 Å². The maximum atomic E-state index is 13.7. The number of aliphatic imine (C=N–C) groups is 1. The normalized spacial score (nSPS) is 14.7. The molecule has 0 spiro atoms. The van der Waals surface area contributed by atoms with Crippen LogP contribution in [0.3, 0.4) is 0 Å². The van der Waals surface area contributed by atoms with E-state index in [9.17, 15) is 9.18 Å². The van der Waals surface area contributed by atoms with Crippen molar-refractivity contribution in [2.45, 2.75) is 39.0 Å². The third-order valence-electron chi connectivity index (χ3n) is 4.94. The lowest BCUT2D eigenvalue weighted by molar-refractivity contribution is -0.128. The van der Waals surface area contributed by atoms with E-state index in [0.717, 1.165) is 24.1 Å². The van der Waals surface area contributed by atoms with E-state index in [1.165, 1.54) is 6.07 Å². The summed E-state index contributed by atoms with van der Waals surface area (Å²) in [5.41, 5.74) is 2.23. The fourth-order valence-electron chi connectivity index (χ4n) is 3.38. The van der Waals surface area contributed by atoms with Crippen LogP contribution >= 0.6 is 24.0 Å². The van der Waals surface area contributed by atoms with Gasteiger partial charge in [-0.05, 0) is 36.6 Å². The number of hydrogen-bond acceptors (Lipinski definition) is 3. The number of carbonyl (C=O) groups is 1. The molecule has 1 fully saturated rings. The number of guanidine groups is 1. The lowest BCUT2D eigenvalue weighted by atomic mass is 10.1. The van der Waals surface area contributed by atoms with Crippen molar-refractivity contribution >= 4 is 35.8 Å². The van der Waals surface area contributed by atoms with Gasteiger partial charge >= 0.3 is 0 Å². The van der Waals surface area contributed by atoms with Gasteiger partial charge in [-0.2, -0.15) is 0 Å². The molecule has 2 N–H and O–H groups in total. The number of benzene rings is 2. The molecule has 1 saturated heterocycles. The molecule has 0 aliphatic carbocycles. The zero-order chi connectivity index (χ0) is 21.3. The Hall–Kier alpha value is -2.36. The van der Waals surface area contributed by atoms with Crippen molar-refractivity contribution in [1.82, 2.24) is 15.5 Å². The van der Waals surface area contributed by atoms with Crippen LogP contribution in [-0.4, -0.2) is 43.0 Å². The van der Waals surface area contributed by atoms with Gasteiger partial charge in [-0.15, -0.1) is 24.0 Å². The van der Waals surface area contributed by atoms with Crippen LogP contribution in [0.25, 0.3) is 0 Å². The average molecular weight is 540 g/mol. The fourth-order valence-corrected chi connectivity index (χ4v) is 3.38. The van der Waals surface area contributed by atoms with E-state index in [2.05, 4.69) is 21.7 Å². The summed E-state index contributed by atoms with van der Waals surface area (Å²) in [6.45, 7) is 4.44. The monoisotopic (exact) mass is 540 g/mol. The van der Waals surface area contributed by atoms with E-state index in [1.807, 2.05) is 30.0 Å². The SMILES string of the molecule is CN=C(NCc1cccc(CN2CCCC2=O)c1)NCC(C)Oc1ccccc1F.I. The molecule has 6 nitrogen and oxygen atoms in total. The molecule has 0 saturated carbocycles. The van der Waals surface area contributed by atoms with Crippen LogP contribution in [0.4, 0.5) is 4.39 Å². The highest BCUT2D eigenvalue weighted by Gasteiger charge is 2.19. The van der Waals surface area contributed by atoms with Crippen molar-refractivity contribution in [3.8, 4) is 5.75 Å². The first-order valence-electron chi connectivity index (χ1n) is 10.3. The van der Waals surface area contributed by atoms with E-state index in [0.29, 0.717) is 32.0 Å². The predicted molar refractivity (Wildman–Crippen MR) is 131 cm³/mol. The molecular formula is C23H30FIN4O2. The maximum Gasteiger partial charge on any atom is 0.222 e. The van der Waals surface area contributed by atoms with Crippen molar-refractivity contribution in [2.24, 2.45) is 4.99 Å². The number of halogens is 2. The van der Waals surface area contributed by atoms with E-state index in [-0.39, 0.29) is 47.6 Å². The molecule has 8 heteroatoms.